The topological polar surface area (TPSA) is 33.5 Å². The van der Waals surface area contributed by atoms with Crippen molar-refractivity contribution in [2.45, 2.75) is 125 Å². The second kappa shape index (κ2) is 20.0. The number of hydrogen-bond acceptors (Lipinski definition) is 4. The largest absolute Gasteiger partial charge is 0.489 e. The van der Waals surface area contributed by atoms with Gasteiger partial charge in [-0.25, -0.2) is 4.98 Å². The van der Waals surface area contributed by atoms with Crippen LogP contribution < -0.4 is 14.5 Å². The number of aromatic nitrogens is 2. The van der Waals surface area contributed by atoms with Crippen LogP contribution in [0.25, 0.3) is 49.9 Å². The van der Waals surface area contributed by atoms with E-state index in [2.05, 4.69) is 242 Å². The first-order chi connectivity index (χ1) is 36.5. The summed E-state index contributed by atoms with van der Waals surface area (Å²) >= 11 is 0. The molecule has 0 atom stereocenters. The van der Waals surface area contributed by atoms with Crippen molar-refractivity contribution in [3.05, 3.63) is 203 Å². The molecule has 2 aromatic heterocycles. The van der Waals surface area contributed by atoms with E-state index < -0.39 is 6.85 Å². The van der Waals surface area contributed by atoms with Gasteiger partial charge in [0.05, 0.1) is 29.1 Å². The lowest BCUT2D eigenvalue weighted by Crippen LogP contribution is -2.29. The summed E-state index contributed by atoms with van der Waals surface area (Å²) in [6.07, 6.45) is 4.44. The van der Waals surface area contributed by atoms with Gasteiger partial charge in [0.2, 0.25) is 0 Å². The Labute approximate surface area is 446 Å². The highest BCUT2D eigenvalue weighted by atomic mass is 16.5. The molecule has 10 rings (SSSR count). The predicted molar refractivity (Wildman–Crippen MR) is 315 cm³/mol. The molecule has 0 fully saturated rings. The lowest BCUT2D eigenvalue weighted by molar-refractivity contribution is 0.306. The minimum Gasteiger partial charge on any atom is -0.489 e. The van der Waals surface area contributed by atoms with Gasteiger partial charge in [0.1, 0.15) is 18.2 Å². The van der Waals surface area contributed by atoms with Crippen LogP contribution in [0.4, 0.5) is 17.1 Å². The maximum Gasteiger partial charge on any atom is 0.137 e. The van der Waals surface area contributed by atoms with Crippen LogP contribution in [-0.4, -0.2) is 22.8 Å². The molecule has 378 valence electrons. The number of anilines is 3. The van der Waals surface area contributed by atoms with Crippen LogP contribution in [0.2, 0.25) is 0 Å². The first-order valence-electron chi connectivity index (χ1n) is 28.3. The van der Waals surface area contributed by atoms with Gasteiger partial charge >= 0.3 is 0 Å². The van der Waals surface area contributed by atoms with Crippen LogP contribution in [0.3, 0.4) is 0 Å². The van der Waals surface area contributed by atoms with Crippen molar-refractivity contribution in [2.75, 3.05) is 23.0 Å². The third kappa shape index (κ3) is 10.4. The predicted octanol–water partition coefficient (Wildman–Crippen LogP) is 18.0. The lowest BCUT2D eigenvalue weighted by atomic mass is 9.78. The monoisotopic (exact) mass is 980 g/mol. The molecule has 1 aliphatic heterocycles. The number of fused-ring (bicyclic) bond motifs is 4. The maximum atomic E-state index is 8.64. The highest BCUT2D eigenvalue weighted by molar-refractivity contribution is 6.09. The minimum atomic E-state index is -2.24. The molecule has 0 spiro atoms. The Bertz CT molecular complexity index is 3570. The van der Waals surface area contributed by atoms with Crippen LogP contribution in [0, 0.1) is 12.8 Å². The summed E-state index contributed by atoms with van der Waals surface area (Å²) in [4.78, 5) is 10.0. The lowest BCUT2D eigenvalue weighted by Gasteiger charge is -2.27. The Morgan fingerprint density at radius 2 is 1.30 bits per heavy atom. The summed E-state index contributed by atoms with van der Waals surface area (Å²) < 4.78 is 34.9. The number of benzene rings is 7. The molecule has 5 heteroatoms. The van der Waals surface area contributed by atoms with Crippen molar-refractivity contribution in [2.24, 2.45) is 5.92 Å². The van der Waals surface area contributed by atoms with E-state index in [-0.39, 0.29) is 16.2 Å². The van der Waals surface area contributed by atoms with Crippen molar-refractivity contribution in [1.29, 1.82) is 0 Å². The van der Waals surface area contributed by atoms with Crippen molar-refractivity contribution >= 4 is 38.9 Å². The molecule has 0 N–H and O–H groups in total. The number of para-hydroxylation sites is 3. The van der Waals surface area contributed by atoms with Gasteiger partial charge in [-0.15, -0.1) is 0 Å². The number of aryl methyl sites for hydroxylation is 1. The van der Waals surface area contributed by atoms with E-state index >= 15 is 0 Å². The fourth-order valence-corrected chi connectivity index (χ4v) is 10.8. The van der Waals surface area contributed by atoms with E-state index in [1.165, 1.54) is 44.5 Å². The number of nitrogens with zero attached hydrogens (tertiary/aromatic N) is 4. The fraction of sp³-hybridized carbons (Fsp3) is 0.319. The van der Waals surface area contributed by atoms with E-state index in [9.17, 15) is 0 Å². The zero-order valence-corrected chi connectivity index (χ0v) is 45.6. The number of hydrogen-bond donors (Lipinski definition) is 0. The molecular weight excluding hydrogens is 901 g/mol. The molecule has 0 saturated heterocycles. The molecule has 0 radical (unpaired) electrons. The Morgan fingerprint density at radius 3 is 2.01 bits per heavy atom. The molecule has 5 nitrogen and oxygen atoms in total. The van der Waals surface area contributed by atoms with Crippen LogP contribution in [0.5, 0.6) is 5.75 Å². The third-order valence-electron chi connectivity index (χ3n) is 15.0. The summed E-state index contributed by atoms with van der Waals surface area (Å²) in [6.45, 7) is 24.4. The first kappa shape index (κ1) is 46.7. The molecule has 1 aliphatic rings. The molecule has 3 heterocycles. The van der Waals surface area contributed by atoms with Crippen LogP contribution >= 0.6 is 0 Å². The van der Waals surface area contributed by atoms with E-state index in [1.807, 2.05) is 6.07 Å². The van der Waals surface area contributed by atoms with Crippen molar-refractivity contribution in [3.8, 4) is 33.8 Å². The summed E-state index contributed by atoms with van der Waals surface area (Å²) in [5.41, 5.74) is 17.5. The molecule has 74 heavy (non-hydrogen) atoms. The van der Waals surface area contributed by atoms with Crippen molar-refractivity contribution in [1.82, 2.24) is 9.55 Å². The van der Waals surface area contributed by atoms with Gasteiger partial charge in [0.25, 0.3) is 0 Å². The molecule has 0 saturated carbocycles. The van der Waals surface area contributed by atoms with E-state index in [1.54, 1.807) is 6.07 Å². The normalized spacial score (nSPS) is 13.9. The summed E-state index contributed by atoms with van der Waals surface area (Å²) in [6, 6.07) is 56.4. The standard InChI is InChI=1S/C69H76N4O/c1-46(2)36-50-40-66(70-43-61(50)49-29-31-52(32-30-49)67(4,5)6)73-62-26-14-13-23-59(62)60-34-33-56(42-65(60)73)74-44-48-21-18-22-55(37-48)72-45-71(63-27-15-16-28-64(63)72)35-19-25-57-47(3)20-17-24-58(57)51-38-53(68(7,8)9)41-54(39-51)69(10,11)12/h13-18,20-24,26-34,37-43,46H,19,25,35-36,44-45H2,1-12H3/i3D3. The van der Waals surface area contributed by atoms with E-state index in [0.717, 1.165) is 81.0 Å². The maximum absolute atomic E-state index is 8.64. The van der Waals surface area contributed by atoms with Gasteiger partial charge in [0.15, 0.2) is 0 Å². The van der Waals surface area contributed by atoms with Gasteiger partial charge in [-0.1, -0.05) is 179 Å². The van der Waals surface area contributed by atoms with Gasteiger partial charge in [-0.05, 0) is 152 Å². The quantitative estimate of drug-likeness (QED) is 0.115. The second-order valence-electron chi connectivity index (χ2n) is 24.2. The van der Waals surface area contributed by atoms with Gasteiger partial charge in [-0.2, -0.15) is 0 Å². The minimum absolute atomic E-state index is 0.0660. The van der Waals surface area contributed by atoms with Gasteiger partial charge in [-0.3, -0.25) is 4.57 Å². The Morgan fingerprint density at radius 1 is 0.608 bits per heavy atom. The second-order valence-corrected chi connectivity index (χ2v) is 24.2. The molecule has 7 aromatic carbocycles. The molecule has 0 unspecified atom stereocenters. The zero-order valence-electron chi connectivity index (χ0n) is 48.6. The highest BCUT2D eigenvalue weighted by Crippen LogP contribution is 2.42. The first-order valence-corrected chi connectivity index (χ1v) is 26.8. The van der Waals surface area contributed by atoms with E-state index in [4.69, 9.17) is 13.8 Å². The molecule has 0 amide bonds. The van der Waals surface area contributed by atoms with Crippen LogP contribution in [-0.2, 0) is 35.7 Å². The number of rotatable bonds is 13. The zero-order chi connectivity index (χ0) is 54.6. The van der Waals surface area contributed by atoms with Gasteiger partial charge < -0.3 is 14.5 Å². The fourth-order valence-electron chi connectivity index (χ4n) is 10.8. The average molecular weight is 980 g/mol. The molecular formula is C69H76N4O. The molecule has 0 bridgehead atoms. The smallest absolute Gasteiger partial charge is 0.137 e. The summed E-state index contributed by atoms with van der Waals surface area (Å²) in [5.74, 6) is 2.16. The van der Waals surface area contributed by atoms with Crippen LogP contribution in [0.1, 0.15) is 126 Å². The van der Waals surface area contributed by atoms with Crippen molar-refractivity contribution in [3.63, 3.8) is 0 Å². The summed E-state index contributed by atoms with van der Waals surface area (Å²) in [7, 11) is 0. The Balaban J connectivity index is 0.891. The molecule has 9 aromatic rings. The van der Waals surface area contributed by atoms with E-state index in [0.29, 0.717) is 31.2 Å². The average Bonchev–Trinajstić information content (AvgIpc) is 3.93. The number of pyridine rings is 1. The summed E-state index contributed by atoms with van der Waals surface area (Å²) in [5, 5.41) is 2.33. The number of ether oxygens (including phenoxy) is 1. The highest BCUT2D eigenvalue weighted by Gasteiger charge is 2.28. The van der Waals surface area contributed by atoms with Crippen molar-refractivity contribution < 1.29 is 8.85 Å². The molecule has 0 aliphatic carbocycles. The Kier molecular flexibility index (Phi) is 12.6. The van der Waals surface area contributed by atoms with Crippen LogP contribution in [0.15, 0.2) is 164 Å². The Hall–Kier alpha value is -7.11. The SMILES string of the molecule is [2H]C([2H])([2H])c1cccc(-c2cc(C(C)(C)C)cc(C(C)(C)C)c2)c1CCCN1CN(c2cccc(COc3ccc4c5ccccc5n(-c5cc(CC(C)C)c(-c6ccc(C(C)(C)C)cc6)cn5)c4c3)c2)c2ccccc21. The van der Waals surface area contributed by atoms with Gasteiger partial charge in [0, 0.05) is 44.9 Å². The third-order valence-corrected chi connectivity index (χ3v) is 15.0.